The van der Waals surface area contributed by atoms with Crippen molar-refractivity contribution < 1.29 is 13.2 Å². The van der Waals surface area contributed by atoms with E-state index in [2.05, 4.69) is 10.3 Å². The second kappa shape index (κ2) is 5.23. The Hall–Kier alpha value is -2.15. The van der Waals surface area contributed by atoms with E-state index in [1.54, 1.807) is 6.07 Å². The SMILES string of the molecule is NC(=S)c1ccc(Nc2ccc(F)c(F)c2F)nc1. The van der Waals surface area contributed by atoms with Gasteiger partial charge in [0.05, 0.1) is 5.69 Å². The standard InChI is InChI=1S/C12H8F3N3S/c13-7-2-3-8(11(15)10(7)14)18-9-4-1-6(5-17-9)12(16)19/h1-5H,(H2,16,19)(H,17,18). The molecule has 0 amide bonds. The lowest BCUT2D eigenvalue weighted by Crippen LogP contribution is -2.09. The van der Waals surface area contributed by atoms with Crippen molar-refractivity contribution in [1.29, 1.82) is 0 Å². The maximum atomic E-state index is 13.4. The van der Waals surface area contributed by atoms with Crippen molar-refractivity contribution >= 4 is 28.7 Å². The third-order valence-corrected chi connectivity index (χ3v) is 2.58. The highest BCUT2D eigenvalue weighted by atomic mass is 32.1. The van der Waals surface area contributed by atoms with Crippen LogP contribution >= 0.6 is 12.2 Å². The first-order chi connectivity index (χ1) is 8.99. The summed E-state index contributed by atoms with van der Waals surface area (Å²) in [5.41, 5.74) is 5.73. The molecule has 0 aliphatic carbocycles. The third kappa shape index (κ3) is 2.82. The van der Waals surface area contributed by atoms with Gasteiger partial charge >= 0.3 is 0 Å². The van der Waals surface area contributed by atoms with Crippen molar-refractivity contribution in [2.24, 2.45) is 5.73 Å². The van der Waals surface area contributed by atoms with Gasteiger partial charge in [0.25, 0.3) is 0 Å². The smallest absolute Gasteiger partial charge is 0.196 e. The first-order valence-corrected chi connectivity index (χ1v) is 5.56. The summed E-state index contributed by atoms with van der Waals surface area (Å²) in [5, 5.41) is 2.53. The minimum absolute atomic E-state index is 0.179. The average Bonchev–Trinajstić information content (AvgIpc) is 2.40. The van der Waals surface area contributed by atoms with Crippen LogP contribution in [0.4, 0.5) is 24.7 Å². The van der Waals surface area contributed by atoms with Crippen LogP contribution in [0.15, 0.2) is 30.5 Å². The molecule has 7 heteroatoms. The predicted octanol–water partition coefficient (Wildman–Crippen LogP) is 2.88. The molecule has 0 saturated carbocycles. The van der Waals surface area contributed by atoms with Gasteiger partial charge in [0.2, 0.25) is 0 Å². The molecule has 0 atom stereocenters. The summed E-state index contributed by atoms with van der Waals surface area (Å²) in [6, 6.07) is 4.98. The lowest BCUT2D eigenvalue weighted by Gasteiger charge is -2.08. The molecule has 2 aromatic rings. The van der Waals surface area contributed by atoms with E-state index < -0.39 is 17.5 Å². The van der Waals surface area contributed by atoms with Crippen molar-refractivity contribution in [3.05, 3.63) is 53.5 Å². The molecule has 2 rings (SSSR count). The first kappa shape index (κ1) is 13.3. The number of thiocarbonyl (C=S) groups is 1. The van der Waals surface area contributed by atoms with E-state index >= 15 is 0 Å². The maximum Gasteiger partial charge on any atom is 0.196 e. The number of pyridine rings is 1. The van der Waals surface area contributed by atoms with Crippen LogP contribution in [0.1, 0.15) is 5.56 Å². The molecule has 19 heavy (non-hydrogen) atoms. The summed E-state index contributed by atoms with van der Waals surface area (Å²) in [7, 11) is 0. The number of halogens is 3. The fourth-order valence-corrected chi connectivity index (χ4v) is 1.49. The third-order valence-electron chi connectivity index (χ3n) is 2.35. The van der Waals surface area contributed by atoms with Gasteiger partial charge in [-0.2, -0.15) is 0 Å². The second-order valence-corrected chi connectivity index (χ2v) is 4.08. The Bertz CT molecular complexity index is 629. The molecular formula is C12H8F3N3S. The molecule has 0 unspecified atom stereocenters. The van der Waals surface area contributed by atoms with Crippen LogP contribution in [0.2, 0.25) is 0 Å². The molecule has 0 fully saturated rings. The largest absolute Gasteiger partial charge is 0.389 e. The number of nitrogens with zero attached hydrogens (tertiary/aromatic N) is 1. The number of benzene rings is 1. The second-order valence-electron chi connectivity index (χ2n) is 3.64. The Balaban J connectivity index is 2.26. The zero-order chi connectivity index (χ0) is 14.0. The minimum atomic E-state index is -1.54. The van der Waals surface area contributed by atoms with E-state index in [9.17, 15) is 13.2 Å². The summed E-state index contributed by atoms with van der Waals surface area (Å²) in [6.07, 6.45) is 1.39. The molecule has 1 aromatic carbocycles. The van der Waals surface area contributed by atoms with E-state index in [1.807, 2.05) is 0 Å². The van der Waals surface area contributed by atoms with E-state index in [1.165, 1.54) is 12.3 Å². The number of aromatic nitrogens is 1. The van der Waals surface area contributed by atoms with Crippen molar-refractivity contribution in [3.63, 3.8) is 0 Å². The number of hydrogen-bond donors (Lipinski definition) is 2. The molecule has 1 aromatic heterocycles. The molecular weight excluding hydrogens is 275 g/mol. The topological polar surface area (TPSA) is 50.9 Å². The molecule has 0 saturated heterocycles. The highest BCUT2D eigenvalue weighted by molar-refractivity contribution is 7.80. The van der Waals surface area contributed by atoms with Crippen LogP contribution in [0.25, 0.3) is 0 Å². The summed E-state index contributed by atoms with van der Waals surface area (Å²) in [6.45, 7) is 0. The maximum absolute atomic E-state index is 13.4. The number of hydrogen-bond acceptors (Lipinski definition) is 3. The highest BCUT2D eigenvalue weighted by Crippen LogP contribution is 2.22. The summed E-state index contributed by atoms with van der Waals surface area (Å²) >= 11 is 4.75. The Morgan fingerprint density at radius 1 is 1.11 bits per heavy atom. The molecule has 3 nitrogen and oxygen atoms in total. The zero-order valence-electron chi connectivity index (χ0n) is 9.45. The average molecular weight is 283 g/mol. The Kier molecular flexibility index (Phi) is 3.66. The van der Waals surface area contributed by atoms with Gasteiger partial charge in [-0.25, -0.2) is 18.2 Å². The molecule has 0 aliphatic rings. The van der Waals surface area contributed by atoms with E-state index in [0.717, 1.165) is 12.1 Å². The van der Waals surface area contributed by atoms with Gasteiger partial charge in [-0.1, -0.05) is 12.2 Å². The van der Waals surface area contributed by atoms with Crippen LogP contribution in [-0.4, -0.2) is 9.97 Å². The highest BCUT2D eigenvalue weighted by Gasteiger charge is 2.13. The van der Waals surface area contributed by atoms with Gasteiger partial charge in [0.15, 0.2) is 17.5 Å². The quantitative estimate of drug-likeness (QED) is 0.672. The van der Waals surface area contributed by atoms with Crippen molar-refractivity contribution in [1.82, 2.24) is 4.98 Å². The predicted molar refractivity (Wildman–Crippen MR) is 69.7 cm³/mol. The molecule has 0 radical (unpaired) electrons. The Morgan fingerprint density at radius 3 is 2.42 bits per heavy atom. The van der Waals surface area contributed by atoms with Gasteiger partial charge in [-0.05, 0) is 24.3 Å². The van der Waals surface area contributed by atoms with Crippen molar-refractivity contribution in [2.45, 2.75) is 0 Å². The number of rotatable bonds is 3. The summed E-state index contributed by atoms with van der Waals surface area (Å²) in [5.74, 6) is -3.84. The van der Waals surface area contributed by atoms with Crippen LogP contribution in [0, 0.1) is 17.5 Å². The lowest BCUT2D eigenvalue weighted by atomic mass is 10.2. The zero-order valence-corrected chi connectivity index (χ0v) is 10.3. The fourth-order valence-electron chi connectivity index (χ4n) is 1.37. The minimum Gasteiger partial charge on any atom is -0.389 e. The van der Waals surface area contributed by atoms with E-state index in [4.69, 9.17) is 18.0 Å². The van der Waals surface area contributed by atoms with Crippen LogP contribution in [0.5, 0.6) is 0 Å². The van der Waals surface area contributed by atoms with Gasteiger partial charge in [0, 0.05) is 11.8 Å². The molecule has 0 aliphatic heterocycles. The lowest BCUT2D eigenvalue weighted by molar-refractivity contribution is 0.449. The number of nitrogens with two attached hydrogens (primary N) is 1. The van der Waals surface area contributed by atoms with Crippen LogP contribution in [-0.2, 0) is 0 Å². The van der Waals surface area contributed by atoms with E-state index in [-0.39, 0.29) is 16.5 Å². The molecule has 0 spiro atoms. The fraction of sp³-hybridized carbons (Fsp3) is 0. The van der Waals surface area contributed by atoms with Crippen molar-refractivity contribution in [3.8, 4) is 0 Å². The Labute approximate surface area is 112 Å². The number of nitrogens with one attached hydrogen (secondary N) is 1. The Morgan fingerprint density at radius 2 is 1.84 bits per heavy atom. The monoisotopic (exact) mass is 283 g/mol. The van der Waals surface area contributed by atoms with Crippen LogP contribution < -0.4 is 11.1 Å². The first-order valence-electron chi connectivity index (χ1n) is 5.15. The number of anilines is 2. The molecule has 1 heterocycles. The summed E-state index contributed by atoms with van der Waals surface area (Å²) < 4.78 is 39.2. The van der Waals surface area contributed by atoms with Crippen LogP contribution in [0.3, 0.4) is 0 Å². The molecule has 0 bridgehead atoms. The van der Waals surface area contributed by atoms with Gasteiger partial charge in [-0.3, -0.25) is 0 Å². The van der Waals surface area contributed by atoms with Gasteiger partial charge < -0.3 is 11.1 Å². The van der Waals surface area contributed by atoms with Gasteiger partial charge in [-0.15, -0.1) is 0 Å². The van der Waals surface area contributed by atoms with E-state index in [0.29, 0.717) is 5.56 Å². The van der Waals surface area contributed by atoms with Gasteiger partial charge in [0.1, 0.15) is 10.8 Å². The normalized spacial score (nSPS) is 10.3. The van der Waals surface area contributed by atoms with Crippen molar-refractivity contribution in [2.75, 3.05) is 5.32 Å². The molecule has 3 N–H and O–H groups in total. The summed E-state index contributed by atoms with van der Waals surface area (Å²) in [4.78, 5) is 4.11. The molecule has 98 valence electrons.